The molecule has 3 rings (SSSR count). The lowest BCUT2D eigenvalue weighted by atomic mass is 10.2. The van der Waals surface area contributed by atoms with Crippen molar-refractivity contribution >= 4 is 29.0 Å². The Bertz CT molecular complexity index is 759. The summed E-state index contributed by atoms with van der Waals surface area (Å²) in [6, 6.07) is 7.56. The summed E-state index contributed by atoms with van der Waals surface area (Å²) in [4.78, 5) is 18.7. The van der Waals surface area contributed by atoms with Crippen LogP contribution in [-0.2, 0) is 4.74 Å². The van der Waals surface area contributed by atoms with Crippen LogP contribution in [0.5, 0.6) is 0 Å². The van der Waals surface area contributed by atoms with Crippen LogP contribution < -0.4 is 10.2 Å². The monoisotopic (exact) mass is 363 g/mol. The number of carbonyl (C=O) groups is 1. The number of ether oxygens (including phenoxy) is 1. The fourth-order valence-electron chi connectivity index (χ4n) is 2.86. The molecular formula is C18H19ClFN3O2. The number of benzene rings is 1. The molecule has 1 saturated heterocycles. The number of aromatic nitrogens is 1. The first-order valence-corrected chi connectivity index (χ1v) is 8.43. The van der Waals surface area contributed by atoms with Gasteiger partial charge < -0.3 is 15.0 Å². The molecule has 2 unspecified atom stereocenters. The molecule has 132 valence electrons. The van der Waals surface area contributed by atoms with E-state index in [1.807, 2.05) is 13.8 Å². The van der Waals surface area contributed by atoms with Crippen molar-refractivity contribution in [2.24, 2.45) is 0 Å². The lowest BCUT2D eigenvalue weighted by Crippen LogP contribution is -2.45. The predicted octanol–water partition coefficient (Wildman–Crippen LogP) is 3.74. The van der Waals surface area contributed by atoms with E-state index in [2.05, 4.69) is 15.2 Å². The van der Waals surface area contributed by atoms with Gasteiger partial charge >= 0.3 is 0 Å². The molecule has 2 heterocycles. The second kappa shape index (κ2) is 7.37. The SMILES string of the molecule is CC1CN(c2ccc(C(=O)Nc3ccc(Cl)cc3F)cn2)CC(C)O1. The number of carbonyl (C=O) groups excluding carboxylic acids is 1. The van der Waals surface area contributed by atoms with Crippen molar-refractivity contribution in [3.63, 3.8) is 0 Å². The van der Waals surface area contributed by atoms with Gasteiger partial charge in [0.15, 0.2) is 0 Å². The smallest absolute Gasteiger partial charge is 0.257 e. The van der Waals surface area contributed by atoms with E-state index in [1.54, 1.807) is 12.1 Å². The number of halogens is 2. The average Bonchev–Trinajstić information content (AvgIpc) is 2.56. The van der Waals surface area contributed by atoms with Crippen LogP contribution in [0.25, 0.3) is 0 Å². The number of nitrogens with zero attached hydrogens (tertiary/aromatic N) is 2. The van der Waals surface area contributed by atoms with Crippen LogP contribution in [0, 0.1) is 5.82 Å². The number of morpholine rings is 1. The zero-order valence-electron chi connectivity index (χ0n) is 14.0. The van der Waals surface area contributed by atoms with Crippen molar-refractivity contribution in [1.82, 2.24) is 4.98 Å². The molecule has 0 aliphatic carbocycles. The van der Waals surface area contributed by atoms with Gasteiger partial charge in [-0.3, -0.25) is 4.79 Å². The molecule has 1 aliphatic heterocycles. The van der Waals surface area contributed by atoms with E-state index in [4.69, 9.17) is 16.3 Å². The fourth-order valence-corrected chi connectivity index (χ4v) is 3.02. The Morgan fingerprint density at radius 2 is 2.00 bits per heavy atom. The molecule has 25 heavy (non-hydrogen) atoms. The molecule has 0 spiro atoms. The number of hydrogen-bond acceptors (Lipinski definition) is 4. The minimum atomic E-state index is -0.582. The lowest BCUT2D eigenvalue weighted by Gasteiger charge is -2.36. The third-order valence-corrected chi connectivity index (χ3v) is 4.17. The Hall–Kier alpha value is -2.18. The summed E-state index contributed by atoms with van der Waals surface area (Å²) in [5, 5.41) is 2.79. The summed E-state index contributed by atoms with van der Waals surface area (Å²) >= 11 is 5.71. The highest BCUT2D eigenvalue weighted by atomic mass is 35.5. The summed E-state index contributed by atoms with van der Waals surface area (Å²) in [5.74, 6) is -0.220. The molecule has 1 fully saturated rings. The maximum absolute atomic E-state index is 13.8. The van der Waals surface area contributed by atoms with Crippen LogP contribution in [-0.4, -0.2) is 36.2 Å². The van der Waals surface area contributed by atoms with Gasteiger partial charge in [-0.2, -0.15) is 0 Å². The number of anilines is 2. The topological polar surface area (TPSA) is 54.5 Å². The quantitative estimate of drug-likeness (QED) is 0.902. The van der Waals surface area contributed by atoms with Gasteiger partial charge in [-0.15, -0.1) is 0 Å². The van der Waals surface area contributed by atoms with Crippen molar-refractivity contribution < 1.29 is 13.9 Å². The van der Waals surface area contributed by atoms with E-state index >= 15 is 0 Å². The minimum Gasteiger partial charge on any atom is -0.372 e. The summed E-state index contributed by atoms with van der Waals surface area (Å²) in [7, 11) is 0. The molecule has 5 nitrogen and oxygen atoms in total. The van der Waals surface area contributed by atoms with E-state index in [0.29, 0.717) is 5.56 Å². The van der Waals surface area contributed by atoms with E-state index in [0.717, 1.165) is 25.0 Å². The van der Waals surface area contributed by atoms with Crippen LogP contribution in [0.1, 0.15) is 24.2 Å². The van der Waals surface area contributed by atoms with Crippen LogP contribution in [0.4, 0.5) is 15.9 Å². The molecule has 2 atom stereocenters. The van der Waals surface area contributed by atoms with Crippen molar-refractivity contribution in [3.8, 4) is 0 Å². The molecule has 0 saturated carbocycles. The van der Waals surface area contributed by atoms with Crippen LogP contribution in [0.15, 0.2) is 36.5 Å². The third-order valence-electron chi connectivity index (χ3n) is 3.93. The van der Waals surface area contributed by atoms with Crippen molar-refractivity contribution in [1.29, 1.82) is 0 Å². The highest BCUT2D eigenvalue weighted by Gasteiger charge is 2.23. The average molecular weight is 364 g/mol. The number of pyridine rings is 1. The maximum Gasteiger partial charge on any atom is 0.257 e. The minimum absolute atomic E-state index is 0.0781. The Morgan fingerprint density at radius 1 is 1.28 bits per heavy atom. The van der Waals surface area contributed by atoms with E-state index in [-0.39, 0.29) is 22.9 Å². The molecule has 0 bridgehead atoms. The van der Waals surface area contributed by atoms with Crippen LogP contribution in [0.2, 0.25) is 5.02 Å². The number of nitrogens with one attached hydrogen (secondary N) is 1. The van der Waals surface area contributed by atoms with Gasteiger partial charge in [0.1, 0.15) is 11.6 Å². The van der Waals surface area contributed by atoms with Gasteiger partial charge in [0, 0.05) is 24.3 Å². The normalized spacial score (nSPS) is 20.4. The molecule has 2 aromatic rings. The molecule has 0 radical (unpaired) electrons. The Balaban J connectivity index is 1.70. The van der Waals surface area contributed by atoms with Gasteiger partial charge in [-0.1, -0.05) is 11.6 Å². The summed E-state index contributed by atoms with van der Waals surface area (Å²) in [6.45, 7) is 5.54. The van der Waals surface area contributed by atoms with Crippen molar-refractivity contribution in [2.45, 2.75) is 26.1 Å². The number of amides is 1. The Labute approximate surface area is 150 Å². The molecule has 1 aromatic heterocycles. The number of hydrogen-bond donors (Lipinski definition) is 1. The third kappa shape index (κ3) is 4.27. The first-order chi connectivity index (χ1) is 11.9. The van der Waals surface area contributed by atoms with Gasteiger partial charge in [-0.25, -0.2) is 9.37 Å². The zero-order chi connectivity index (χ0) is 18.0. The lowest BCUT2D eigenvalue weighted by molar-refractivity contribution is -0.00546. The first-order valence-electron chi connectivity index (χ1n) is 8.05. The molecule has 1 amide bonds. The van der Waals surface area contributed by atoms with Gasteiger partial charge in [0.25, 0.3) is 5.91 Å². The second-order valence-electron chi connectivity index (χ2n) is 6.15. The van der Waals surface area contributed by atoms with Crippen LogP contribution >= 0.6 is 11.6 Å². The van der Waals surface area contributed by atoms with Gasteiger partial charge in [-0.05, 0) is 44.2 Å². The highest BCUT2D eigenvalue weighted by molar-refractivity contribution is 6.30. The van der Waals surface area contributed by atoms with Crippen molar-refractivity contribution in [3.05, 3.63) is 52.9 Å². The largest absolute Gasteiger partial charge is 0.372 e. The zero-order valence-corrected chi connectivity index (χ0v) is 14.8. The van der Waals surface area contributed by atoms with E-state index in [9.17, 15) is 9.18 Å². The van der Waals surface area contributed by atoms with Gasteiger partial charge in [0.2, 0.25) is 0 Å². The Morgan fingerprint density at radius 3 is 2.60 bits per heavy atom. The molecule has 1 N–H and O–H groups in total. The van der Waals surface area contributed by atoms with E-state index in [1.165, 1.54) is 18.3 Å². The Kier molecular flexibility index (Phi) is 5.20. The summed E-state index contributed by atoms with van der Waals surface area (Å²) in [5.41, 5.74) is 0.432. The molecule has 1 aromatic carbocycles. The summed E-state index contributed by atoms with van der Waals surface area (Å²) in [6.07, 6.45) is 1.74. The second-order valence-corrected chi connectivity index (χ2v) is 6.58. The fraction of sp³-hybridized carbons (Fsp3) is 0.333. The van der Waals surface area contributed by atoms with Crippen molar-refractivity contribution in [2.75, 3.05) is 23.3 Å². The van der Waals surface area contributed by atoms with Gasteiger partial charge in [0.05, 0.1) is 23.5 Å². The molecule has 7 heteroatoms. The predicted molar refractivity (Wildman–Crippen MR) is 95.8 cm³/mol. The number of rotatable bonds is 3. The molecular weight excluding hydrogens is 345 g/mol. The van der Waals surface area contributed by atoms with Crippen LogP contribution in [0.3, 0.4) is 0 Å². The molecule has 1 aliphatic rings. The first kappa shape index (κ1) is 17.6. The highest BCUT2D eigenvalue weighted by Crippen LogP contribution is 2.21. The standard InChI is InChI=1S/C18H19ClFN3O2/c1-11-9-23(10-12(2)25-11)17-6-3-13(8-21-17)18(24)22-16-5-4-14(19)7-15(16)20/h3-8,11-12H,9-10H2,1-2H3,(H,22,24). The maximum atomic E-state index is 13.8. The van der Waals surface area contributed by atoms with E-state index < -0.39 is 11.7 Å². The summed E-state index contributed by atoms with van der Waals surface area (Å²) < 4.78 is 19.5.